The van der Waals surface area contributed by atoms with Crippen molar-refractivity contribution in [1.29, 1.82) is 0 Å². The lowest BCUT2D eigenvalue weighted by atomic mass is 9.92. The second-order valence-corrected chi connectivity index (χ2v) is 8.90. The Morgan fingerprint density at radius 1 is 1.24 bits per heavy atom. The highest BCUT2D eigenvalue weighted by molar-refractivity contribution is 7.14. The summed E-state index contributed by atoms with van der Waals surface area (Å²) in [7, 11) is 0. The number of non-ortho nitro benzene ring substituents is 1. The number of benzene rings is 2. The highest BCUT2D eigenvalue weighted by Crippen LogP contribution is 2.33. The Morgan fingerprint density at radius 3 is 2.56 bits per heavy atom. The zero-order valence-corrected chi connectivity index (χ0v) is 19.5. The van der Waals surface area contributed by atoms with Crippen LogP contribution >= 0.6 is 11.3 Å². The number of imide groups is 1. The molecule has 4 rings (SSSR count). The maximum absolute atomic E-state index is 13.2. The summed E-state index contributed by atoms with van der Waals surface area (Å²) in [6.07, 6.45) is 0. The maximum atomic E-state index is 13.2. The molecule has 1 N–H and O–H groups in total. The van der Waals surface area contributed by atoms with Crippen LogP contribution in [0, 0.1) is 17.0 Å². The van der Waals surface area contributed by atoms with Crippen molar-refractivity contribution in [1.82, 2.24) is 15.2 Å². The van der Waals surface area contributed by atoms with Crippen molar-refractivity contribution in [3.63, 3.8) is 0 Å². The molecular weight excluding hydrogens is 458 g/mol. The second-order valence-electron chi connectivity index (χ2n) is 8.07. The number of carbonyl (C=O) groups is 3. The molecule has 1 unspecified atom stereocenters. The molecule has 174 valence electrons. The number of urea groups is 1. The van der Waals surface area contributed by atoms with Gasteiger partial charge in [0.2, 0.25) is 5.91 Å². The molecular formula is C23H21N5O5S. The van der Waals surface area contributed by atoms with Gasteiger partial charge in [-0.3, -0.25) is 29.5 Å². The van der Waals surface area contributed by atoms with E-state index in [1.54, 1.807) is 12.3 Å². The zero-order valence-electron chi connectivity index (χ0n) is 18.6. The summed E-state index contributed by atoms with van der Waals surface area (Å²) in [5, 5.41) is 15.7. The summed E-state index contributed by atoms with van der Waals surface area (Å²) >= 11 is 1.23. The fourth-order valence-electron chi connectivity index (χ4n) is 3.78. The van der Waals surface area contributed by atoms with Gasteiger partial charge in [0, 0.05) is 24.4 Å². The number of thiazole rings is 1. The fourth-order valence-corrected chi connectivity index (χ4v) is 4.66. The maximum Gasteiger partial charge on any atom is 0.325 e. The van der Waals surface area contributed by atoms with E-state index in [1.165, 1.54) is 47.4 Å². The molecule has 0 saturated carbocycles. The SMILES string of the molecule is CC(=O)N(c1cccc(C)c1)c1nc(CN2C(=O)NC(C)(c3ccc([N+](=O)[O-])cc3)C2=O)cs1. The van der Waals surface area contributed by atoms with E-state index in [-0.39, 0.29) is 18.1 Å². The Labute approximate surface area is 199 Å². The van der Waals surface area contributed by atoms with E-state index >= 15 is 0 Å². The van der Waals surface area contributed by atoms with Gasteiger partial charge in [-0.15, -0.1) is 11.3 Å². The minimum Gasteiger partial charge on any atom is -0.319 e. The lowest BCUT2D eigenvalue weighted by Gasteiger charge is -2.22. The van der Waals surface area contributed by atoms with Crippen LogP contribution in [0.1, 0.15) is 30.7 Å². The van der Waals surface area contributed by atoms with Gasteiger partial charge >= 0.3 is 6.03 Å². The molecule has 1 aliphatic heterocycles. The van der Waals surface area contributed by atoms with Crippen molar-refractivity contribution in [3.8, 4) is 0 Å². The van der Waals surface area contributed by atoms with E-state index in [2.05, 4.69) is 10.3 Å². The van der Waals surface area contributed by atoms with Crippen molar-refractivity contribution in [3.05, 3.63) is 80.8 Å². The smallest absolute Gasteiger partial charge is 0.319 e. The number of nitrogens with one attached hydrogen (secondary N) is 1. The third-order valence-electron chi connectivity index (χ3n) is 5.56. The van der Waals surface area contributed by atoms with E-state index in [9.17, 15) is 24.5 Å². The molecule has 1 aromatic heterocycles. The average molecular weight is 480 g/mol. The van der Waals surface area contributed by atoms with Crippen LogP contribution in [-0.2, 0) is 21.7 Å². The van der Waals surface area contributed by atoms with Crippen LogP contribution < -0.4 is 10.2 Å². The third kappa shape index (κ3) is 4.13. The number of nitro benzene ring substituents is 1. The normalized spacial score (nSPS) is 17.6. The van der Waals surface area contributed by atoms with Crippen LogP contribution in [0.25, 0.3) is 0 Å². The molecule has 1 aliphatic rings. The van der Waals surface area contributed by atoms with Crippen molar-refractivity contribution in [2.24, 2.45) is 0 Å². The number of carbonyl (C=O) groups excluding carboxylic acids is 3. The molecule has 0 bridgehead atoms. The van der Waals surface area contributed by atoms with Crippen LogP contribution in [0.5, 0.6) is 0 Å². The van der Waals surface area contributed by atoms with Gasteiger partial charge in [0.1, 0.15) is 5.54 Å². The number of amides is 4. The zero-order chi connectivity index (χ0) is 24.6. The van der Waals surface area contributed by atoms with Crippen LogP contribution in [0.15, 0.2) is 53.9 Å². The predicted molar refractivity (Wildman–Crippen MR) is 126 cm³/mol. The molecule has 1 fully saturated rings. The molecule has 0 spiro atoms. The van der Waals surface area contributed by atoms with Crippen molar-refractivity contribution < 1.29 is 19.3 Å². The number of aromatic nitrogens is 1. The van der Waals surface area contributed by atoms with Crippen LogP contribution in [0.3, 0.4) is 0 Å². The molecule has 2 heterocycles. The Balaban J connectivity index is 1.56. The third-order valence-corrected chi connectivity index (χ3v) is 6.43. The largest absolute Gasteiger partial charge is 0.325 e. The van der Waals surface area contributed by atoms with Crippen molar-refractivity contribution >= 4 is 45.7 Å². The first-order valence-corrected chi connectivity index (χ1v) is 11.2. The van der Waals surface area contributed by atoms with E-state index < -0.39 is 22.4 Å². The number of nitrogens with zero attached hydrogens (tertiary/aromatic N) is 4. The Morgan fingerprint density at radius 2 is 1.94 bits per heavy atom. The molecule has 10 nitrogen and oxygen atoms in total. The first-order valence-electron chi connectivity index (χ1n) is 10.3. The van der Waals surface area contributed by atoms with Gasteiger partial charge in [0.15, 0.2) is 5.13 Å². The van der Waals surface area contributed by atoms with E-state index in [0.29, 0.717) is 22.1 Å². The van der Waals surface area contributed by atoms with E-state index in [4.69, 9.17) is 0 Å². The molecule has 0 aliphatic carbocycles. The Hall–Kier alpha value is -4.12. The van der Waals surface area contributed by atoms with E-state index in [1.807, 2.05) is 31.2 Å². The highest BCUT2D eigenvalue weighted by Gasteiger charge is 2.49. The number of hydrogen-bond acceptors (Lipinski definition) is 7. The number of nitro groups is 1. The topological polar surface area (TPSA) is 126 Å². The van der Waals surface area contributed by atoms with Gasteiger partial charge in [-0.25, -0.2) is 9.78 Å². The molecule has 1 atom stereocenters. The standard InChI is InChI=1S/C23H21N5O5S/c1-14-5-4-6-19(11-14)27(15(2)29)22-24-17(13-34-22)12-26-20(30)23(3,25-21(26)31)16-7-9-18(10-8-16)28(32)33/h4-11,13H,12H2,1-3H3,(H,25,31). The summed E-state index contributed by atoms with van der Waals surface area (Å²) in [5.41, 5.74) is 1.08. The summed E-state index contributed by atoms with van der Waals surface area (Å²) in [6, 6.07) is 12.3. The Bertz CT molecular complexity index is 1310. The van der Waals surface area contributed by atoms with Crippen LogP contribution in [-0.4, -0.2) is 32.7 Å². The minimum absolute atomic E-state index is 0.0801. The van der Waals surface area contributed by atoms with Gasteiger partial charge < -0.3 is 5.32 Å². The minimum atomic E-state index is -1.36. The molecule has 2 aromatic carbocycles. The second kappa shape index (κ2) is 8.67. The first kappa shape index (κ1) is 23.1. The molecule has 11 heteroatoms. The number of aryl methyl sites for hydroxylation is 1. The van der Waals surface area contributed by atoms with Crippen LogP contribution in [0.4, 0.5) is 21.3 Å². The number of hydrogen-bond donors (Lipinski definition) is 1. The van der Waals surface area contributed by atoms with Crippen molar-refractivity contribution in [2.45, 2.75) is 32.9 Å². The van der Waals surface area contributed by atoms with Gasteiger partial charge in [-0.05, 0) is 49.2 Å². The average Bonchev–Trinajstić information content (AvgIpc) is 3.32. The Kier molecular flexibility index (Phi) is 5.88. The van der Waals surface area contributed by atoms with Gasteiger partial charge in [0.05, 0.1) is 22.8 Å². The lowest BCUT2D eigenvalue weighted by Crippen LogP contribution is -2.40. The summed E-state index contributed by atoms with van der Waals surface area (Å²) in [4.78, 5) is 55.6. The fraction of sp³-hybridized carbons (Fsp3) is 0.217. The molecule has 4 amide bonds. The van der Waals surface area contributed by atoms with Gasteiger partial charge in [-0.2, -0.15) is 0 Å². The molecule has 1 saturated heterocycles. The van der Waals surface area contributed by atoms with Gasteiger partial charge in [-0.1, -0.05) is 12.1 Å². The van der Waals surface area contributed by atoms with E-state index in [0.717, 1.165) is 10.5 Å². The summed E-state index contributed by atoms with van der Waals surface area (Å²) < 4.78 is 0. The highest BCUT2D eigenvalue weighted by atomic mass is 32.1. The summed E-state index contributed by atoms with van der Waals surface area (Å²) in [6.45, 7) is 4.84. The van der Waals surface area contributed by atoms with Crippen molar-refractivity contribution in [2.75, 3.05) is 4.90 Å². The number of rotatable bonds is 6. The number of anilines is 2. The van der Waals surface area contributed by atoms with Crippen LogP contribution in [0.2, 0.25) is 0 Å². The quantitative estimate of drug-likeness (QED) is 0.323. The predicted octanol–water partition coefficient (Wildman–Crippen LogP) is 4.01. The molecule has 3 aromatic rings. The molecule has 0 radical (unpaired) electrons. The first-order chi connectivity index (χ1) is 16.1. The monoisotopic (exact) mass is 479 g/mol. The summed E-state index contributed by atoms with van der Waals surface area (Å²) in [5.74, 6) is -0.713. The van der Waals surface area contributed by atoms with Gasteiger partial charge in [0.25, 0.3) is 11.6 Å². The lowest BCUT2D eigenvalue weighted by molar-refractivity contribution is -0.384. The molecule has 34 heavy (non-hydrogen) atoms.